The molecule has 0 radical (unpaired) electrons. The van der Waals surface area contributed by atoms with Crippen LogP contribution in [-0.4, -0.2) is 32.0 Å². The summed E-state index contributed by atoms with van der Waals surface area (Å²) in [5, 5.41) is 6.91. The molecule has 4 N–H and O–H groups in total. The molecular weight excluding hydrogens is 346 g/mol. The summed E-state index contributed by atoms with van der Waals surface area (Å²) >= 11 is 0. The highest BCUT2D eigenvalue weighted by Crippen LogP contribution is 2.36. The Labute approximate surface area is 157 Å². The Morgan fingerprint density at radius 2 is 1.56 bits per heavy atom. The molecule has 0 fully saturated rings. The zero-order valence-corrected chi connectivity index (χ0v) is 15.3. The number of ether oxygens (including phenoxy) is 2. The van der Waals surface area contributed by atoms with Crippen molar-refractivity contribution in [1.29, 1.82) is 0 Å². The third-order valence-corrected chi connectivity index (χ3v) is 4.15. The summed E-state index contributed by atoms with van der Waals surface area (Å²) in [6.45, 7) is 0.316. The summed E-state index contributed by atoms with van der Waals surface area (Å²) in [4.78, 5) is 12.1. The maximum atomic E-state index is 12.1. The maximum absolute atomic E-state index is 12.1. The highest BCUT2D eigenvalue weighted by atomic mass is 16.5. The molecule has 3 aromatic rings. The van der Waals surface area contributed by atoms with Gasteiger partial charge in [-0.1, -0.05) is 17.3 Å². The van der Waals surface area contributed by atoms with Gasteiger partial charge in [0, 0.05) is 5.56 Å². The van der Waals surface area contributed by atoms with Crippen LogP contribution in [0.2, 0.25) is 0 Å². The number of nitrogens with one attached hydrogen (secondary N) is 1. The van der Waals surface area contributed by atoms with Crippen molar-refractivity contribution in [2.75, 3.05) is 20.9 Å². The fourth-order valence-electron chi connectivity index (χ4n) is 2.79. The van der Waals surface area contributed by atoms with Crippen molar-refractivity contribution in [3.05, 3.63) is 54.3 Å². The fourth-order valence-corrected chi connectivity index (χ4v) is 2.79. The van der Waals surface area contributed by atoms with E-state index >= 15 is 0 Å². The van der Waals surface area contributed by atoms with Crippen molar-refractivity contribution in [2.45, 2.75) is 6.42 Å². The Morgan fingerprint density at radius 1 is 1.00 bits per heavy atom. The first-order valence-corrected chi connectivity index (χ1v) is 8.49. The van der Waals surface area contributed by atoms with Gasteiger partial charge in [-0.15, -0.1) is 0 Å². The summed E-state index contributed by atoms with van der Waals surface area (Å²) in [5.74, 6) is 1.83. The van der Waals surface area contributed by atoms with Crippen LogP contribution in [-0.2, 0) is 11.2 Å². The molecular formula is C20H22N3O4+. The molecule has 0 spiro atoms. The van der Waals surface area contributed by atoms with E-state index in [9.17, 15) is 4.79 Å². The molecule has 1 heterocycles. The number of nitrogens with zero attached hydrogens (tertiary/aromatic N) is 1. The van der Waals surface area contributed by atoms with E-state index in [4.69, 9.17) is 14.0 Å². The number of hydrogen-bond donors (Lipinski definition) is 2. The lowest BCUT2D eigenvalue weighted by Gasteiger charge is -2.07. The van der Waals surface area contributed by atoms with Crippen LogP contribution < -0.4 is 20.5 Å². The molecule has 1 aromatic heterocycles. The molecule has 3 rings (SSSR count). The van der Waals surface area contributed by atoms with Crippen molar-refractivity contribution in [3.63, 3.8) is 0 Å². The molecule has 0 aliphatic carbocycles. The van der Waals surface area contributed by atoms with Crippen molar-refractivity contribution < 1.29 is 24.5 Å². The topological polar surface area (TPSA) is 101 Å². The van der Waals surface area contributed by atoms with Crippen molar-refractivity contribution in [3.8, 4) is 33.9 Å². The van der Waals surface area contributed by atoms with Gasteiger partial charge in [-0.25, -0.2) is 0 Å². The number of hydrogen-bond acceptors (Lipinski definition) is 5. The van der Waals surface area contributed by atoms with Crippen molar-refractivity contribution in [1.82, 2.24) is 10.5 Å². The number of carbonyl (C=O) groups is 1. The van der Waals surface area contributed by atoms with E-state index in [1.54, 1.807) is 14.2 Å². The highest BCUT2D eigenvalue weighted by molar-refractivity contribution is 5.86. The Morgan fingerprint density at radius 3 is 2.07 bits per heavy atom. The first kappa shape index (κ1) is 18.5. The standard InChI is InChI=1S/C20H21N3O4/c1-25-15-7-3-13(4-8-15)19-17(11-18(24)22-12-21)27-23-20(19)14-5-9-16(26-2)10-6-14/h3-10H,11-12,21H2,1-2H3,(H,22,24)/p+1. The van der Waals surface area contributed by atoms with Gasteiger partial charge in [0.15, 0.2) is 5.76 Å². The Bertz CT molecular complexity index is 902. The fraction of sp³-hybridized carbons (Fsp3) is 0.200. The third kappa shape index (κ3) is 4.09. The molecule has 0 atom stereocenters. The van der Waals surface area contributed by atoms with Crippen LogP contribution in [0.3, 0.4) is 0 Å². The highest BCUT2D eigenvalue weighted by Gasteiger charge is 2.21. The molecule has 2 aromatic carbocycles. The zero-order chi connectivity index (χ0) is 19.2. The lowest BCUT2D eigenvalue weighted by atomic mass is 9.98. The van der Waals surface area contributed by atoms with Crippen molar-refractivity contribution in [2.24, 2.45) is 0 Å². The maximum Gasteiger partial charge on any atom is 0.231 e. The van der Waals surface area contributed by atoms with E-state index in [-0.39, 0.29) is 12.3 Å². The summed E-state index contributed by atoms with van der Waals surface area (Å²) < 4.78 is 16.0. The molecule has 27 heavy (non-hydrogen) atoms. The number of aromatic nitrogens is 1. The predicted molar refractivity (Wildman–Crippen MR) is 100 cm³/mol. The smallest absolute Gasteiger partial charge is 0.231 e. The first-order chi connectivity index (χ1) is 13.2. The zero-order valence-electron chi connectivity index (χ0n) is 15.3. The number of amides is 1. The van der Waals surface area contributed by atoms with Crippen molar-refractivity contribution >= 4 is 5.91 Å². The van der Waals surface area contributed by atoms with Gasteiger partial charge in [-0.2, -0.15) is 0 Å². The second kappa shape index (κ2) is 8.37. The Balaban J connectivity index is 2.06. The predicted octanol–water partition coefficient (Wildman–Crippen LogP) is 1.88. The Hall–Kier alpha value is -3.32. The quantitative estimate of drug-likeness (QED) is 0.620. The lowest BCUT2D eigenvalue weighted by molar-refractivity contribution is -0.372. The van der Waals surface area contributed by atoms with Crippen LogP contribution in [0.5, 0.6) is 11.5 Å². The van der Waals surface area contributed by atoms with Crippen LogP contribution >= 0.6 is 0 Å². The van der Waals surface area contributed by atoms with Gasteiger partial charge in [-0.3, -0.25) is 4.79 Å². The summed E-state index contributed by atoms with van der Waals surface area (Å²) in [5.41, 5.74) is 6.84. The van der Waals surface area contributed by atoms with Gasteiger partial charge >= 0.3 is 0 Å². The molecule has 140 valence electrons. The minimum absolute atomic E-state index is 0.0834. The Kier molecular flexibility index (Phi) is 5.73. The van der Waals surface area contributed by atoms with Crippen LogP contribution in [0.25, 0.3) is 22.4 Å². The third-order valence-electron chi connectivity index (χ3n) is 4.15. The first-order valence-electron chi connectivity index (χ1n) is 8.49. The van der Waals surface area contributed by atoms with Gasteiger partial charge in [0.05, 0.1) is 26.2 Å². The second-order valence-corrected chi connectivity index (χ2v) is 5.81. The van der Waals surface area contributed by atoms with E-state index < -0.39 is 0 Å². The number of methoxy groups -OCH3 is 2. The average molecular weight is 368 g/mol. The van der Waals surface area contributed by atoms with E-state index in [2.05, 4.69) is 16.2 Å². The molecule has 7 nitrogen and oxygen atoms in total. The van der Waals surface area contributed by atoms with Gasteiger partial charge in [0.1, 0.15) is 23.9 Å². The molecule has 0 aliphatic rings. The minimum atomic E-state index is -0.169. The molecule has 0 aliphatic heterocycles. The van der Waals surface area contributed by atoms with Gasteiger partial charge in [-0.05, 0) is 42.0 Å². The van der Waals surface area contributed by atoms with Crippen LogP contribution in [0.4, 0.5) is 0 Å². The van der Waals surface area contributed by atoms with E-state index in [0.717, 1.165) is 28.2 Å². The minimum Gasteiger partial charge on any atom is -0.497 e. The van der Waals surface area contributed by atoms with Gasteiger partial charge in [0.2, 0.25) is 5.91 Å². The number of quaternary nitrogens is 1. The molecule has 0 saturated carbocycles. The largest absolute Gasteiger partial charge is 0.497 e. The van der Waals surface area contributed by atoms with E-state index in [0.29, 0.717) is 18.1 Å². The van der Waals surface area contributed by atoms with Crippen LogP contribution in [0.1, 0.15) is 5.76 Å². The summed E-state index contributed by atoms with van der Waals surface area (Å²) in [6, 6.07) is 15.1. The van der Waals surface area contributed by atoms with E-state index in [1.807, 2.05) is 48.5 Å². The number of benzene rings is 2. The van der Waals surface area contributed by atoms with E-state index in [1.165, 1.54) is 0 Å². The molecule has 0 bridgehead atoms. The number of rotatable bonds is 7. The molecule has 0 unspecified atom stereocenters. The monoisotopic (exact) mass is 368 g/mol. The van der Waals surface area contributed by atoms with Crippen LogP contribution in [0.15, 0.2) is 53.1 Å². The second-order valence-electron chi connectivity index (χ2n) is 5.81. The SMILES string of the molecule is COc1ccc(-c2noc(CC(=O)NC[NH3+])c2-c2ccc(OC)cc2)cc1. The summed E-state index contributed by atoms with van der Waals surface area (Å²) in [6.07, 6.45) is 0.0834. The van der Waals surface area contributed by atoms with Gasteiger partial charge in [0.25, 0.3) is 0 Å². The van der Waals surface area contributed by atoms with Crippen LogP contribution in [0, 0.1) is 0 Å². The lowest BCUT2D eigenvalue weighted by Crippen LogP contribution is -2.58. The molecule has 1 amide bonds. The number of carbonyl (C=O) groups excluding carboxylic acids is 1. The normalized spacial score (nSPS) is 10.5. The molecule has 7 heteroatoms. The molecule has 0 saturated heterocycles. The summed E-state index contributed by atoms with van der Waals surface area (Å²) in [7, 11) is 3.24. The average Bonchev–Trinajstić information content (AvgIpc) is 3.11. The van der Waals surface area contributed by atoms with Gasteiger partial charge < -0.3 is 25.0 Å².